The first kappa shape index (κ1) is 25.1. The van der Waals surface area contributed by atoms with Gasteiger partial charge in [0, 0.05) is 18.7 Å². The molecule has 2 aliphatic rings. The first-order valence-electron chi connectivity index (χ1n) is 10.6. The van der Waals surface area contributed by atoms with Gasteiger partial charge >= 0.3 is 5.97 Å². The smallest absolute Gasteiger partial charge is 0.356 e. The lowest BCUT2D eigenvalue weighted by atomic mass is 9.94. The Labute approximate surface area is 197 Å². The molecule has 0 aliphatic carbocycles. The molecule has 11 heteroatoms. The summed E-state index contributed by atoms with van der Waals surface area (Å²) in [6.07, 6.45) is 1.10. The fourth-order valence-corrected chi connectivity index (χ4v) is 5.74. The molecule has 0 unspecified atom stereocenters. The summed E-state index contributed by atoms with van der Waals surface area (Å²) in [5.41, 5.74) is 0.453. The monoisotopic (exact) mass is 492 g/mol. The number of amides is 1. The average molecular weight is 493 g/mol. The minimum absolute atomic E-state index is 0.0338. The van der Waals surface area contributed by atoms with Gasteiger partial charge in [-0.25, -0.2) is 4.79 Å². The van der Waals surface area contributed by atoms with Crippen LogP contribution >= 0.6 is 11.8 Å². The summed E-state index contributed by atoms with van der Waals surface area (Å²) in [5, 5.41) is 10.5. The predicted octanol–water partition coefficient (Wildman–Crippen LogP) is 3.99. The van der Waals surface area contributed by atoms with Crippen LogP contribution in [0.3, 0.4) is 0 Å². The van der Waals surface area contributed by atoms with Crippen molar-refractivity contribution >= 4 is 43.9 Å². The number of fused-ring (bicyclic) bond motifs is 1. The molecule has 0 spiro atoms. The molecule has 3 rings (SSSR count). The van der Waals surface area contributed by atoms with Crippen molar-refractivity contribution in [3.63, 3.8) is 0 Å². The first-order chi connectivity index (χ1) is 15.4. The van der Waals surface area contributed by atoms with Gasteiger partial charge in [-0.2, -0.15) is 0 Å². The molecule has 1 fully saturated rings. The third-order valence-electron chi connectivity index (χ3n) is 6.39. The van der Waals surface area contributed by atoms with Crippen molar-refractivity contribution in [2.75, 3.05) is 6.61 Å². The number of non-ortho nitro benzene ring substituents is 1. The molecule has 0 radical (unpaired) electrons. The Morgan fingerprint density at radius 3 is 2.45 bits per heavy atom. The summed E-state index contributed by atoms with van der Waals surface area (Å²) in [4.78, 5) is 48.8. The molecular formula is C22H28N2O7SSi. The van der Waals surface area contributed by atoms with Crippen LogP contribution in [-0.2, 0) is 30.2 Å². The van der Waals surface area contributed by atoms with E-state index in [0.29, 0.717) is 24.9 Å². The predicted molar refractivity (Wildman–Crippen MR) is 125 cm³/mol. The normalized spacial score (nSPS) is 20.4. The molecular weight excluding hydrogens is 464 g/mol. The zero-order valence-corrected chi connectivity index (χ0v) is 21.1. The number of ether oxygens (including phenoxy) is 1. The number of carbonyl (C=O) groups excluding carboxylic acids is 3. The molecule has 2 heterocycles. The molecule has 2 atom stereocenters. The molecule has 0 bridgehead atoms. The number of esters is 1. The van der Waals surface area contributed by atoms with Gasteiger partial charge in [0.25, 0.3) is 5.69 Å². The fourth-order valence-electron chi connectivity index (χ4n) is 3.34. The molecule has 0 saturated carbocycles. The SMILES string of the molecule is CC(C)(C)[Si](C)(C)OCC[C@H]1C(=O)N2C(C(=O)OCc3ccc([N+](=O)[O-])cc3)=C(C=O)S[C@H]12. The van der Waals surface area contributed by atoms with Crippen molar-refractivity contribution in [3.05, 3.63) is 50.5 Å². The number of carbonyl (C=O) groups is 3. The van der Waals surface area contributed by atoms with Crippen LogP contribution in [0.5, 0.6) is 0 Å². The van der Waals surface area contributed by atoms with Crippen LogP contribution in [0.1, 0.15) is 32.8 Å². The highest BCUT2D eigenvalue weighted by molar-refractivity contribution is 8.04. The van der Waals surface area contributed by atoms with Crippen molar-refractivity contribution in [1.82, 2.24) is 4.90 Å². The number of nitro groups is 1. The number of nitro benzene ring substituents is 1. The highest BCUT2D eigenvalue weighted by Gasteiger charge is 2.56. The van der Waals surface area contributed by atoms with Crippen LogP contribution in [-0.4, -0.2) is 48.3 Å². The van der Waals surface area contributed by atoms with Gasteiger partial charge in [0.15, 0.2) is 14.6 Å². The van der Waals surface area contributed by atoms with Crippen molar-refractivity contribution in [1.29, 1.82) is 0 Å². The lowest BCUT2D eigenvalue weighted by Gasteiger charge is -2.43. The Morgan fingerprint density at radius 1 is 1.27 bits per heavy atom. The van der Waals surface area contributed by atoms with Crippen LogP contribution in [0.4, 0.5) is 5.69 Å². The van der Waals surface area contributed by atoms with Gasteiger partial charge in [0.1, 0.15) is 12.3 Å². The van der Waals surface area contributed by atoms with Crippen molar-refractivity contribution in [2.45, 2.75) is 57.3 Å². The molecule has 178 valence electrons. The Bertz CT molecular complexity index is 1000. The lowest BCUT2D eigenvalue weighted by Crippen LogP contribution is -2.57. The molecule has 1 aromatic carbocycles. The molecule has 0 aromatic heterocycles. The van der Waals surface area contributed by atoms with Crippen LogP contribution in [0, 0.1) is 16.0 Å². The minimum Gasteiger partial charge on any atom is -0.456 e. The average Bonchev–Trinajstić information content (AvgIpc) is 3.09. The fraction of sp³-hybridized carbons (Fsp3) is 0.500. The molecule has 0 N–H and O–H groups in total. The van der Waals surface area contributed by atoms with E-state index in [1.54, 1.807) is 0 Å². The summed E-state index contributed by atoms with van der Waals surface area (Å²) in [6.45, 7) is 11.1. The third kappa shape index (κ3) is 5.04. The maximum absolute atomic E-state index is 12.8. The highest BCUT2D eigenvalue weighted by Crippen LogP contribution is 2.50. The van der Waals surface area contributed by atoms with Gasteiger partial charge in [0.2, 0.25) is 5.91 Å². The zero-order chi connectivity index (χ0) is 24.6. The van der Waals surface area contributed by atoms with Crippen LogP contribution < -0.4 is 0 Å². The van der Waals surface area contributed by atoms with Crippen LogP contribution in [0.2, 0.25) is 18.1 Å². The number of benzene rings is 1. The maximum atomic E-state index is 12.8. The molecule has 33 heavy (non-hydrogen) atoms. The second-order valence-corrected chi connectivity index (χ2v) is 15.5. The van der Waals surface area contributed by atoms with Crippen molar-refractivity contribution in [2.24, 2.45) is 5.92 Å². The van der Waals surface area contributed by atoms with E-state index in [1.807, 2.05) is 0 Å². The second kappa shape index (κ2) is 9.39. The molecule has 2 aliphatic heterocycles. The second-order valence-electron chi connectivity index (χ2n) is 9.55. The van der Waals surface area contributed by atoms with Gasteiger partial charge in [-0.3, -0.25) is 24.6 Å². The van der Waals surface area contributed by atoms with Gasteiger partial charge in [-0.15, -0.1) is 0 Å². The first-order valence-corrected chi connectivity index (χ1v) is 14.4. The van der Waals surface area contributed by atoms with Crippen molar-refractivity contribution in [3.8, 4) is 0 Å². The summed E-state index contributed by atoms with van der Waals surface area (Å²) in [7, 11) is -1.93. The zero-order valence-electron chi connectivity index (χ0n) is 19.3. The van der Waals surface area contributed by atoms with Crippen molar-refractivity contribution < 1.29 is 28.5 Å². The lowest BCUT2D eigenvalue weighted by molar-refractivity contribution is -0.384. The van der Waals surface area contributed by atoms with Gasteiger partial charge in [0.05, 0.1) is 21.1 Å². The van der Waals surface area contributed by atoms with E-state index in [4.69, 9.17) is 9.16 Å². The minimum atomic E-state index is -1.93. The number of β-lactam (4-membered cyclic amide) rings is 1. The Balaban J connectivity index is 1.59. The number of rotatable bonds is 9. The number of nitrogens with zero attached hydrogens (tertiary/aromatic N) is 2. The summed E-state index contributed by atoms with van der Waals surface area (Å²) >= 11 is 1.20. The van der Waals surface area contributed by atoms with E-state index < -0.39 is 19.2 Å². The summed E-state index contributed by atoms with van der Waals surface area (Å²) in [5.74, 6) is -1.31. The van der Waals surface area contributed by atoms with E-state index in [9.17, 15) is 24.5 Å². The van der Waals surface area contributed by atoms with Crippen LogP contribution in [0.15, 0.2) is 34.9 Å². The van der Waals surface area contributed by atoms with E-state index in [1.165, 1.54) is 40.9 Å². The number of hydrogen-bond acceptors (Lipinski definition) is 8. The Hall–Kier alpha value is -2.50. The Kier molecular flexibility index (Phi) is 7.15. The van der Waals surface area contributed by atoms with Gasteiger partial charge < -0.3 is 9.16 Å². The number of thioether (sulfide) groups is 1. The number of hydrogen-bond donors (Lipinski definition) is 0. The number of aldehydes is 1. The van der Waals surface area contributed by atoms with Gasteiger partial charge in [-0.05, 0) is 42.2 Å². The highest BCUT2D eigenvalue weighted by atomic mass is 32.2. The third-order valence-corrected chi connectivity index (χ3v) is 12.3. The largest absolute Gasteiger partial charge is 0.456 e. The number of allylic oxidation sites excluding steroid dienone is 1. The molecule has 1 aromatic rings. The topological polar surface area (TPSA) is 116 Å². The van der Waals surface area contributed by atoms with E-state index >= 15 is 0 Å². The molecule has 1 amide bonds. The summed E-state index contributed by atoms with van der Waals surface area (Å²) in [6, 6.07) is 5.60. The quantitative estimate of drug-likeness (QED) is 0.127. The van der Waals surface area contributed by atoms with Crippen LogP contribution in [0.25, 0.3) is 0 Å². The Morgan fingerprint density at radius 2 is 1.91 bits per heavy atom. The van der Waals surface area contributed by atoms with Gasteiger partial charge in [-0.1, -0.05) is 32.5 Å². The molecule has 9 nitrogen and oxygen atoms in total. The standard InChI is InChI=1S/C22H28N2O7SSi/c1-22(2,3)33(4,5)31-11-10-16-19(26)23-18(17(12-25)32-20(16)23)21(27)30-13-14-6-8-15(9-7-14)24(28)29/h6-9,12,16,20H,10-11,13H2,1-5H3/t16-,20+/m0/s1. The maximum Gasteiger partial charge on any atom is 0.356 e. The van der Waals surface area contributed by atoms with E-state index in [2.05, 4.69) is 33.9 Å². The van der Waals surface area contributed by atoms with E-state index in [0.717, 1.165) is 0 Å². The summed E-state index contributed by atoms with van der Waals surface area (Å²) < 4.78 is 11.5. The molecule has 1 saturated heterocycles. The van der Waals surface area contributed by atoms with E-state index in [-0.39, 0.29) is 45.1 Å².